The van der Waals surface area contributed by atoms with Gasteiger partial charge in [-0.2, -0.15) is 10.2 Å². The van der Waals surface area contributed by atoms with Gasteiger partial charge in [0.2, 0.25) is 0 Å². The Hall–Kier alpha value is -1.46. The number of hydrogen-bond donors (Lipinski definition) is 2. The molecule has 0 aliphatic carbocycles. The first-order valence-corrected chi connectivity index (χ1v) is 6.84. The van der Waals surface area contributed by atoms with Crippen LogP contribution in [0.2, 0.25) is 0 Å². The van der Waals surface area contributed by atoms with Gasteiger partial charge >= 0.3 is 11.9 Å². The van der Waals surface area contributed by atoms with Crippen molar-refractivity contribution in [3.8, 4) is 0 Å². The predicted octanol–water partition coefficient (Wildman–Crippen LogP) is 3.22. The zero-order chi connectivity index (χ0) is 16.1. The summed E-state index contributed by atoms with van der Waals surface area (Å²) in [7, 11) is 0. The zero-order valence-electron chi connectivity index (χ0n) is 13.2. The van der Waals surface area contributed by atoms with Gasteiger partial charge in [0, 0.05) is 0 Å². The van der Waals surface area contributed by atoms with Gasteiger partial charge in [0.05, 0.1) is 0 Å². The van der Waals surface area contributed by atoms with Crippen molar-refractivity contribution >= 4 is 11.9 Å². The Kier molecular flexibility index (Phi) is 6.32. The lowest BCUT2D eigenvalue weighted by Crippen LogP contribution is -2.38. The number of nitrogens with zero attached hydrogens (tertiary/aromatic N) is 2. The van der Waals surface area contributed by atoms with E-state index in [0.717, 1.165) is 0 Å². The van der Waals surface area contributed by atoms with E-state index in [-0.39, 0.29) is 11.8 Å². The maximum atomic E-state index is 11.4. The Morgan fingerprint density at radius 1 is 0.850 bits per heavy atom. The Morgan fingerprint density at radius 3 is 1.25 bits per heavy atom. The van der Waals surface area contributed by atoms with E-state index in [9.17, 15) is 19.8 Å². The lowest BCUT2D eigenvalue weighted by Gasteiger charge is -2.25. The van der Waals surface area contributed by atoms with Gasteiger partial charge in [0.15, 0.2) is 11.1 Å². The zero-order valence-corrected chi connectivity index (χ0v) is 13.2. The Bertz CT molecular complexity index is 357. The van der Waals surface area contributed by atoms with E-state index < -0.39 is 23.0 Å². The van der Waals surface area contributed by atoms with Crippen molar-refractivity contribution in [3.63, 3.8) is 0 Å². The summed E-state index contributed by atoms with van der Waals surface area (Å²) in [5.74, 6) is -1.94. The van der Waals surface area contributed by atoms with Gasteiger partial charge in [-0.15, -0.1) is 0 Å². The molecular weight excluding hydrogens is 260 g/mol. The van der Waals surface area contributed by atoms with Crippen molar-refractivity contribution < 1.29 is 19.8 Å². The highest BCUT2D eigenvalue weighted by atomic mass is 16.4. The second kappa shape index (κ2) is 6.81. The van der Waals surface area contributed by atoms with Crippen LogP contribution >= 0.6 is 0 Å². The summed E-state index contributed by atoms with van der Waals surface area (Å²) in [5, 5.41) is 26.4. The summed E-state index contributed by atoms with van der Waals surface area (Å²) in [5.41, 5.74) is -2.77. The summed E-state index contributed by atoms with van der Waals surface area (Å²) in [4.78, 5) is 22.7. The fraction of sp³-hybridized carbons (Fsp3) is 0.857. The van der Waals surface area contributed by atoms with Crippen LogP contribution in [-0.4, -0.2) is 33.2 Å². The normalized spacial score (nSPS) is 18.2. The summed E-state index contributed by atoms with van der Waals surface area (Å²) >= 11 is 0. The van der Waals surface area contributed by atoms with E-state index in [1.165, 1.54) is 13.8 Å². The molecule has 0 rings (SSSR count). The first kappa shape index (κ1) is 18.5. The standard InChI is InChI=1S/C14H26N2O4/c1-9(2)7-13(5,11(17)18)15-16-14(6,12(19)20)8-10(3)4/h9-10H,7-8H2,1-6H3,(H,17,18)(H,19,20). The lowest BCUT2D eigenvalue weighted by molar-refractivity contribution is -0.146. The van der Waals surface area contributed by atoms with Crippen molar-refractivity contribution in [1.29, 1.82) is 0 Å². The number of hydrogen-bond acceptors (Lipinski definition) is 4. The molecule has 0 aliphatic rings. The van der Waals surface area contributed by atoms with E-state index in [0.29, 0.717) is 12.8 Å². The quantitative estimate of drug-likeness (QED) is 0.669. The smallest absolute Gasteiger partial charge is 0.333 e. The van der Waals surface area contributed by atoms with Crippen LogP contribution in [0.25, 0.3) is 0 Å². The van der Waals surface area contributed by atoms with Crippen molar-refractivity contribution in [2.24, 2.45) is 22.1 Å². The molecule has 0 aromatic rings. The molecule has 0 aromatic carbocycles. The molecule has 0 aliphatic heterocycles. The number of carbonyl (C=O) groups is 2. The highest BCUT2D eigenvalue weighted by Gasteiger charge is 2.38. The molecular formula is C14H26N2O4. The molecule has 116 valence electrons. The third-order valence-corrected chi connectivity index (χ3v) is 3.02. The third kappa shape index (κ3) is 5.27. The Labute approximate surface area is 120 Å². The topological polar surface area (TPSA) is 99.3 Å². The van der Waals surface area contributed by atoms with Gasteiger partial charge in [-0.25, -0.2) is 9.59 Å². The van der Waals surface area contributed by atoms with Crippen molar-refractivity contribution in [3.05, 3.63) is 0 Å². The molecule has 2 N–H and O–H groups in total. The molecule has 20 heavy (non-hydrogen) atoms. The lowest BCUT2D eigenvalue weighted by atomic mass is 9.90. The number of azo groups is 1. The second-order valence-corrected chi connectivity index (χ2v) is 6.55. The average Bonchev–Trinajstić information content (AvgIpc) is 2.24. The maximum absolute atomic E-state index is 11.4. The van der Waals surface area contributed by atoms with E-state index in [2.05, 4.69) is 10.2 Å². The van der Waals surface area contributed by atoms with Gasteiger partial charge in [-0.3, -0.25) is 0 Å². The monoisotopic (exact) mass is 286 g/mol. The minimum atomic E-state index is -1.39. The molecule has 0 aromatic heterocycles. The van der Waals surface area contributed by atoms with E-state index in [4.69, 9.17) is 0 Å². The van der Waals surface area contributed by atoms with Crippen LogP contribution in [0.15, 0.2) is 10.2 Å². The highest BCUT2D eigenvalue weighted by Crippen LogP contribution is 2.27. The number of aliphatic carboxylic acids is 2. The minimum Gasteiger partial charge on any atom is -0.479 e. The molecule has 6 heteroatoms. The molecule has 0 saturated heterocycles. The molecule has 6 nitrogen and oxygen atoms in total. The third-order valence-electron chi connectivity index (χ3n) is 3.02. The molecule has 0 radical (unpaired) electrons. The summed E-state index contributed by atoms with van der Waals surface area (Å²) < 4.78 is 0. The largest absolute Gasteiger partial charge is 0.479 e. The summed E-state index contributed by atoms with van der Waals surface area (Å²) in [6.07, 6.45) is 0.617. The summed E-state index contributed by atoms with van der Waals surface area (Å²) in [6, 6.07) is 0. The van der Waals surface area contributed by atoms with Gasteiger partial charge in [-0.1, -0.05) is 27.7 Å². The van der Waals surface area contributed by atoms with Crippen LogP contribution in [0.4, 0.5) is 0 Å². The van der Waals surface area contributed by atoms with Crippen molar-refractivity contribution in [1.82, 2.24) is 0 Å². The molecule has 2 atom stereocenters. The van der Waals surface area contributed by atoms with Crippen LogP contribution in [0.5, 0.6) is 0 Å². The first-order chi connectivity index (χ1) is 8.93. The maximum Gasteiger partial charge on any atom is 0.333 e. The van der Waals surface area contributed by atoms with Gasteiger partial charge in [0.25, 0.3) is 0 Å². The van der Waals surface area contributed by atoms with Crippen LogP contribution in [0.1, 0.15) is 54.4 Å². The van der Waals surface area contributed by atoms with Crippen molar-refractivity contribution in [2.75, 3.05) is 0 Å². The van der Waals surface area contributed by atoms with Gasteiger partial charge in [0.1, 0.15) is 0 Å². The van der Waals surface area contributed by atoms with Crippen LogP contribution in [0, 0.1) is 11.8 Å². The second-order valence-electron chi connectivity index (χ2n) is 6.55. The fourth-order valence-electron chi connectivity index (χ4n) is 2.15. The molecule has 0 saturated carbocycles. The molecule has 0 heterocycles. The summed E-state index contributed by atoms with van der Waals surface area (Å²) in [6.45, 7) is 10.5. The number of carboxylic acids is 2. The van der Waals surface area contributed by atoms with Crippen LogP contribution in [0.3, 0.4) is 0 Å². The average molecular weight is 286 g/mol. The van der Waals surface area contributed by atoms with Gasteiger partial charge < -0.3 is 10.2 Å². The van der Waals surface area contributed by atoms with Gasteiger partial charge in [-0.05, 0) is 38.5 Å². The van der Waals surface area contributed by atoms with Crippen molar-refractivity contribution in [2.45, 2.75) is 65.5 Å². The Morgan fingerprint density at radius 2 is 1.10 bits per heavy atom. The molecule has 0 spiro atoms. The SMILES string of the molecule is CC(C)CC(C)(N=NC(C)(CC(C)C)C(=O)O)C(=O)O. The highest BCUT2D eigenvalue weighted by molar-refractivity contribution is 5.79. The first-order valence-electron chi connectivity index (χ1n) is 6.84. The number of rotatable bonds is 8. The molecule has 0 bridgehead atoms. The molecule has 2 unspecified atom stereocenters. The van der Waals surface area contributed by atoms with Crippen LogP contribution in [-0.2, 0) is 9.59 Å². The fourth-order valence-corrected chi connectivity index (χ4v) is 2.15. The Balaban J connectivity index is 5.36. The minimum absolute atomic E-state index is 0.122. The van der Waals surface area contributed by atoms with E-state index in [1.54, 1.807) is 0 Å². The predicted molar refractivity (Wildman–Crippen MR) is 75.8 cm³/mol. The van der Waals surface area contributed by atoms with E-state index in [1.807, 2.05) is 27.7 Å². The molecule has 0 fully saturated rings. The number of carboxylic acid groups (broad SMARTS) is 2. The molecule has 0 amide bonds. The van der Waals surface area contributed by atoms with Crippen LogP contribution < -0.4 is 0 Å². The van der Waals surface area contributed by atoms with E-state index >= 15 is 0 Å².